The van der Waals surface area contributed by atoms with Crippen LogP contribution in [0, 0.1) is 5.92 Å². The molecule has 2 rings (SSSR count). The molecule has 0 spiro atoms. The van der Waals surface area contributed by atoms with E-state index in [1.54, 1.807) is 14.2 Å². The zero-order chi connectivity index (χ0) is 12.3. The smallest absolute Gasteiger partial charge is 0.171 e. The first-order valence-corrected chi connectivity index (χ1v) is 5.63. The Morgan fingerprint density at radius 3 is 2.41 bits per heavy atom. The molecule has 1 aromatic rings. The van der Waals surface area contributed by atoms with E-state index in [4.69, 9.17) is 9.47 Å². The molecule has 0 aliphatic heterocycles. The Balaban J connectivity index is 2.17. The molecule has 0 bridgehead atoms. The van der Waals surface area contributed by atoms with Gasteiger partial charge >= 0.3 is 0 Å². The van der Waals surface area contributed by atoms with Crippen LogP contribution in [0.1, 0.15) is 12.0 Å². The molecule has 1 unspecified atom stereocenters. The van der Waals surface area contributed by atoms with Gasteiger partial charge in [-0.2, -0.15) is 0 Å². The van der Waals surface area contributed by atoms with Crippen molar-refractivity contribution in [2.45, 2.75) is 12.7 Å². The molecule has 3 nitrogen and oxygen atoms in total. The fourth-order valence-electron chi connectivity index (χ4n) is 2.19. The summed E-state index contributed by atoms with van der Waals surface area (Å²) in [6.07, 6.45) is 2.18. The lowest BCUT2D eigenvalue weighted by atomic mass is 9.99. The Bertz CT molecular complexity index is 418. The molecule has 0 saturated heterocycles. The first kappa shape index (κ1) is 12.0. The highest BCUT2D eigenvalue weighted by Crippen LogP contribution is 2.31. The van der Waals surface area contributed by atoms with Gasteiger partial charge < -0.3 is 9.47 Å². The number of ether oxygens (including phenoxy) is 2. The molecular formula is C14H16O3. The average molecular weight is 232 g/mol. The number of ketones is 1. The van der Waals surface area contributed by atoms with Gasteiger partial charge in [0, 0.05) is 19.8 Å². The predicted octanol–water partition coefficient (Wildman–Crippen LogP) is 2.28. The van der Waals surface area contributed by atoms with Crippen LogP contribution < -0.4 is 0 Å². The number of hydrogen-bond acceptors (Lipinski definition) is 3. The van der Waals surface area contributed by atoms with E-state index in [0.29, 0.717) is 6.42 Å². The maximum atomic E-state index is 12.2. The zero-order valence-corrected chi connectivity index (χ0v) is 10.1. The van der Waals surface area contributed by atoms with E-state index in [0.717, 1.165) is 11.1 Å². The molecule has 1 aliphatic rings. The molecule has 90 valence electrons. The molecule has 1 atom stereocenters. The van der Waals surface area contributed by atoms with Gasteiger partial charge in [0.05, 0.1) is 5.92 Å². The number of allylic oxidation sites excluding steroid dienone is 2. The van der Waals surface area contributed by atoms with Crippen molar-refractivity contribution in [3.63, 3.8) is 0 Å². The van der Waals surface area contributed by atoms with Crippen molar-refractivity contribution in [2.75, 3.05) is 14.2 Å². The molecule has 0 saturated carbocycles. The van der Waals surface area contributed by atoms with Crippen LogP contribution in [-0.2, 0) is 14.3 Å². The Morgan fingerprint density at radius 2 is 1.82 bits per heavy atom. The minimum atomic E-state index is -0.458. The van der Waals surface area contributed by atoms with Crippen molar-refractivity contribution in [1.29, 1.82) is 0 Å². The van der Waals surface area contributed by atoms with E-state index >= 15 is 0 Å². The third-order valence-electron chi connectivity index (χ3n) is 3.06. The maximum Gasteiger partial charge on any atom is 0.171 e. The maximum absolute atomic E-state index is 12.2. The molecule has 0 radical (unpaired) electrons. The number of Topliss-reactive ketones (excluding diaryl/α,β-unsaturated/α-hetero) is 1. The van der Waals surface area contributed by atoms with Crippen molar-refractivity contribution >= 4 is 11.4 Å². The summed E-state index contributed by atoms with van der Waals surface area (Å²) in [5.74, 6) is -0.120. The highest BCUT2D eigenvalue weighted by Gasteiger charge is 2.34. The summed E-state index contributed by atoms with van der Waals surface area (Å²) in [7, 11) is 3.11. The molecular weight excluding hydrogens is 216 g/mol. The topological polar surface area (TPSA) is 35.5 Å². The van der Waals surface area contributed by atoms with Gasteiger partial charge in [0.15, 0.2) is 12.1 Å². The van der Waals surface area contributed by atoms with Crippen LogP contribution in [0.4, 0.5) is 0 Å². The standard InChI is InChI=1S/C14H16O3/c1-16-14(17-2)12-9-8-11(13(12)15)10-6-4-3-5-7-10/h3-8,12,14H,9H2,1-2H3. The van der Waals surface area contributed by atoms with Crippen LogP contribution in [0.3, 0.4) is 0 Å². The van der Waals surface area contributed by atoms with E-state index in [1.807, 2.05) is 36.4 Å². The molecule has 1 aliphatic carbocycles. The summed E-state index contributed by atoms with van der Waals surface area (Å²) < 4.78 is 10.3. The van der Waals surface area contributed by atoms with E-state index in [-0.39, 0.29) is 11.7 Å². The van der Waals surface area contributed by atoms with Gasteiger partial charge in [0.2, 0.25) is 0 Å². The summed E-state index contributed by atoms with van der Waals surface area (Å²) >= 11 is 0. The largest absolute Gasteiger partial charge is 0.355 e. The Labute approximate surface area is 101 Å². The minimum Gasteiger partial charge on any atom is -0.355 e. The second-order valence-corrected chi connectivity index (χ2v) is 4.03. The third kappa shape index (κ3) is 2.30. The summed E-state index contributed by atoms with van der Waals surface area (Å²) in [5, 5.41) is 0. The Kier molecular flexibility index (Phi) is 3.71. The van der Waals surface area contributed by atoms with Crippen LogP contribution >= 0.6 is 0 Å². The molecule has 0 fully saturated rings. The molecule has 0 aromatic heterocycles. The number of benzene rings is 1. The lowest BCUT2D eigenvalue weighted by molar-refractivity contribution is -0.150. The van der Waals surface area contributed by atoms with Crippen LogP contribution in [0.25, 0.3) is 5.57 Å². The lowest BCUT2D eigenvalue weighted by Gasteiger charge is -2.19. The summed E-state index contributed by atoms with van der Waals surface area (Å²) in [6.45, 7) is 0. The molecule has 0 N–H and O–H groups in total. The molecule has 1 aromatic carbocycles. The molecule has 0 amide bonds. The second-order valence-electron chi connectivity index (χ2n) is 4.03. The van der Waals surface area contributed by atoms with Crippen LogP contribution in [0.2, 0.25) is 0 Å². The van der Waals surface area contributed by atoms with Crippen molar-refractivity contribution < 1.29 is 14.3 Å². The van der Waals surface area contributed by atoms with Gasteiger partial charge in [-0.3, -0.25) is 4.79 Å². The number of carbonyl (C=O) groups is 1. The summed E-state index contributed by atoms with van der Waals surface area (Å²) in [5.41, 5.74) is 1.74. The van der Waals surface area contributed by atoms with Gasteiger partial charge in [-0.05, 0) is 12.0 Å². The molecule has 17 heavy (non-hydrogen) atoms. The third-order valence-corrected chi connectivity index (χ3v) is 3.06. The van der Waals surface area contributed by atoms with Gasteiger partial charge in [0.1, 0.15) is 0 Å². The second kappa shape index (κ2) is 5.25. The number of rotatable bonds is 4. The van der Waals surface area contributed by atoms with E-state index in [9.17, 15) is 4.79 Å². The lowest BCUT2D eigenvalue weighted by Crippen LogP contribution is -2.28. The number of carbonyl (C=O) groups excluding carboxylic acids is 1. The highest BCUT2D eigenvalue weighted by molar-refractivity contribution is 6.23. The van der Waals surface area contributed by atoms with E-state index in [2.05, 4.69) is 0 Å². The van der Waals surface area contributed by atoms with Crippen molar-refractivity contribution in [1.82, 2.24) is 0 Å². The summed E-state index contributed by atoms with van der Waals surface area (Å²) in [6, 6.07) is 9.69. The van der Waals surface area contributed by atoms with Gasteiger partial charge in [-0.15, -0.1) is 0 Å². The fraction of sp³-hybridized carbons (Fsp3) is 0.357. The van der Waals surface area contributed by atoms with E-state index < -0.39 is 6.29 Å². The molecule has 3 heteroatoms. The monoisotopic (exact) mass is 232 g/mol. The van der Waals surface area contributed by atoms with Crippen LogP contribution in [0.5, 0.6) is 0 Å². The predicted molar refractivity (Wildman–Crippen MR) is 65.3 cm³/mol. The van der Waals surface area contributed by atoms with Crippen molar-refractivity contribution in [3.05, 3.63) is 42.0 Å². The summed E-state index contributed by atoms with van der Waals surface area (Å²) in [4.78, 5) is 12.2. The minimum absolute atomic E-state index is 0.102. The first-order chi connectivity index (χ1) is 8.27. The van der Waals surface area contributed by atoms with Crippen LogP contribution in [-0.4, -0.2) is 26.3 Å². The Morgan fingerprint density at radius 1 is 1.18 bits per heavy atom. The quantitative estimate of drug-likeness (QED) is 0.747. The first-order valence-electron chi connectivity index (χ1n) is 5.63. The van der Waals surface area contributed by atoms with Gasteiger partial charge in [0.25, 0.3) is 0 Å². The van der Waals surface area contributed by atoms with Gasteiger partial charge in [-0.1, -0.05) is 36.4 Å². The Hall–Kier alpha value is -1.45. The van der Waals surface area contributed by atoms with Gasteiger partial charge in [-0.25, -0.2) is 0 Å². The number of hydrogen-bond donors (Lipinski definition) is 0. The number of methoxy groups -OCH3 is 2. The SMILES string of the molecule is COC(OC)C1CC=C(c2ccccc2)C1=O. The molecule has 0 heterocycles. The average Bonchev–Trinajstić information content (AvgIpc) is 2.75. The normalized spacial score (nSPS) is 19.8. The van der Waals surface area contributed by atoms with Crippen LogP contribution in [0.15, 0.2) is 36.4 Å². The zero-order valence-electron chi connectivity index (χ0n) is 10.1. The highest BCUT2D eigenvalue weighted by atomic mass is 16.7. The van der Waals surface area contributed by atoms with Crippen molar-refractivity contribution in [2.24, 2.45) is 5.92 Å². The van der Waals surface area contributed by atoms with Crippen molar-refractivity contribution in [3.8, 4) is 0 Å². The van der Waals surface area contributed by atoms with E-state index in [1.165, 1.54) is 0 Å². The fourth-order valence-corrected chi connectivity index (χ4v) is 2.19.